The fourth-order valence-electron chi connectivity index (χ4n) is 5.33. The lowest BCUT2D eigenvalue weighted by Crippen LogP contribution is -2.46. The number of hydrogen-bond acceptors (Lipinski definition) is 8. The molecule has 0 fully saturated rings. The van der Waals surface area contributed by atoms with E-state index in [9.17, 15) is 4.79 Å². The highest BCUT2D eigenvalue weighted by Crippen LogP contribution is 2.55. The van der Waals surface area contributed by atoms with Crippen LogP contribution in [0.1, 0.15) is 24.0 Å². The lowest BCUT2D eigenvalue weighted by molar-refractivity contribution is -0.121. The summed E-state index contributed by atoms with van der Waals surface area (Å²) in [4.78, 5) is 19.3. The molecule has 1 amide bonds. The third kappa shape index (κ3) is 6.21. The maximum absolute atomic E-state index is 14.2. The third-order valence-electron chi connectivity index (χ3n) is 7.58. The number of anilines is 1. The largest absolute Gasteiger partial charge is 0.497 e. The van der Waals surface area contributed by atoms with E-state index in [0.717, 1.165) is 47.6 Å². The smallest absolute Gasteiger partial charge is 0.248 e. The molecule has 1 heterocycles. The Labute approximate surface area is 247 Å². The minimum absolute atomic E-state index is 0.0350. The van der Waals surface area contributed by atoms with E-state index in [4.69, 9.17) is 23.7 Å². The molecule has 1 aliphatic rings. The lowest BCUT2D eigenvalue weighted by atomic mass is 9.89. The highest BCUT2D eigenvalue weighted by Gasteiger charge is 2.48. The molecule has 0 aromatic heterocycles. The summed E-state index contributed by atoms with van der Waals surface area (Å²) in [5.41, 5.74) is 2.85. The van der Waals surface area contributed by atoms with Crippen molar-refractivity contribution in [2.75, 3.05) is 67.6 Å². The third-order valence-corrected chi connectivity index (χ3v) is 9.09. The van der Waals surface area contributed by atoms with Gasteiger partial charge in [0.1, 0.15) is 16.2 Å². The molecule has 4 rings (SSSR count). The molecule has 0 saturated heterocycles. The van der Waals surface area contributed by atoms with Crippen LogP contribution in [0.25, 0.3) is 0 Å². The quantitative estimate of drug-likeness (QED) is 0.257. The van der Waals surface area contributed by atoms with Crippen molar-refractivity contribution in [3.8, 4) is 28.7 Å². The van der Waals surface area contributed by atoms with Gasteiger partial charge in [0.2, 0.25) is 11.7 Å². The molecule has 0 bridgehead atoms. The van der Waals surface area contributed by atoms with Crippen molar-refractivity contribution in [1.29, 1.82) is 0 Å². The Hall–Kier alpha value is -3.56. The Balaban J connectivity index is 1.55. The van der Waals surface area contributed by atoms with E-state index in [-0.39, 0.29) is 5.91 Å². The summed E-state index contributed by atoms with van der Waals surface area (Å²) in [5, 5.41) is 0. The molecule has 41 heavy (non-hydrogen) atoms. The van der Waals surface area contributed by atoms with E-state index in [1.54, 1.807) is 52.2 Å². The molecular formula is C32H40N2O6S. The van der Waals surface area contributed by atoms with Crippen molar-refractivity contribution in [2.45, 2.75) is 28.9 Å². The van der Waals surface area contributed by atoms with Gasteiger partial charge in [0, 0.05) is 24.1 Å². The average Bonchev–Trinajstić information content (AvgIpc) is 3.01. The van der Waals surface area contributed by atoms with Gasteiger partial charge in [-0.05, 0) is 80.9 Å². The van der Waals surface area contributed by atoms with Crippen molar-refractivity contribution in [3.63, 3.8) is 0 Å². The fourth-order valence-corrected chi connectivity index (χ4v) is 6.91. The first-order valence-electron chi connectivity index (χ1n) is 13.6. The van der Waals surface area contributed by atoms with Crippen molar-refractivity contribution in [2.24, 2.45) is 0 Å². The Morgan fingerprint density at radius 2 is 1.51 bits per heavy atom. The van der Waals surface area contributed by atoms with Gasteiger partial charge in [0.05, 0.1) is 41.2 Å². The molecule has 0 saturated carbocycles. The summed E-state index contributed by atoms with van der Waals surface area (Å²) in [6.07, 6.45) is 2.25. The van der Waals surface area contributed by atoms with E-state index < -0.39 is 4.75 Å². The number of methoxy groups -OCH3 is 5. The molecule has 0 aliphatic carbocycles. The molecular weight excluding hydrogens is 540 g/mol. The fraction of sp³-hybridized carbons (Fsp3) is 0.406. The predicted molar refractivity (Wildman–Crippen MR) is 163 cm³/mol. The number of hydrogen-bond donors (Lipinski definition) is 0. The minimum atomic E-state index is -0.861. The number of likely N-dealkylation sites (N-methyl/N-ethyl adjacent to an activating group) is 2. The van der Waals surface area contributed by atoms with Gasteiger partial charge in [-0.25, -0.2) is 0 Å². The zero-order chi connectivity index (χ0) is 29.6. The number of benzene rings is 3. The van der Waals surface area contributed by atoms with Crippen LogP contribution in [0, 0.1) is 0 Å². The van der Waals surface area contributed by atoms with Crippen LogP contribution >= 0.6 is 11.8 Å². The van der Waals surface area contributed by atoms with Gasteiger partial charge in [-0.1, -0.05) is 12.1 Å². The van der Waals surface area contributed by atoms with E-state index in [2.05, 4.69) is 18.0 Å². The summed E-state index contributed by atoms with van der Waals surface area (Å²) < 4.78 is 27.0. The Morgan fingerprint density at radius 1 is 0.829 bits per heavy atom. The number of nitrogens with zero attached hydrogens (tertiary/aromatic N) is 2. The Morgan fingerprint density at radius 3 is 2.15 bits per heavy atom. The second-order valence-corrected chi connectivity index (χ2v) is 11.4. The maximum atomic E-state index is 14.2. The van der Waals surface area contributed by atoms with Crippen molar-refractivity contribution in [3.05, 3.63) is 65.7 Å². The van der Waals surface area contributed by atoms with E-state index in [1.807, 2.05) is 55.6 Å². The molecule has 0 radical (unpaired) electrons. The minimum Gasteiger partial charge on any atom is -0.497 e. The summed E-state index contributed by atoms with van der Waals surface area (Å²) >= 11 is 1.61. The summed E-state index contributed by atoms with van der Waals surface area (Å²) in [6, 6.07) is 17.7. The van der Waals surface area contributed by atoms with Crippen LogP contribution in [0.4, 0.5) is 5.69 Å². The standard InChI is InChI=1S/C32H40N2O6S/c1-33(18-15-22-19-27(38-5)30(40-7)28(20-22)39-6)17-10-16-32(24-21-23(36-3)13-14-26(24)37-4)31(35)34(2)25-11-8-9-12-29(25)41-32/h8-9,11-14,19-21H,10,15-18H2,1-7H3. The van der Waals surface area contributed by atoms with Gasteiger partial charge in [0.25, 0.3) is 0 Å². The number of thioether (sulfide) groups is 1. The van der Waals surface area contributed by atoms with Gasteiger partial charge >= 0.3 is 0 Å². The zero-order valence-corrected chi connectivity index (χ0v) is 25.8. The number of carbonyl (C=O) groups is 1. The maximum Gasteiger partial charge on any atom is 0.248 e. The molecule has 3 aromatic rings. The van der Waals surface area contributed by atoms with E-state index in [1.165, 1.54) is 0 Å². The molecule has 0 N–H and O–H groups in total. The molecule has 9 heteroatoms. The van der Waals surface area contributed by atoms with Crippen LogP contribution in [0.2, 0.25) is 0 Å². The first-order chi connectivity index (χ1) is 19.8. The topological polar surface area (TPSA) is 69.7 Å². The molecule has 8 nitrogen and oxygen atoms in total. The second-order valence-electron chi connectivity index (χ2n) is 10.0. The monoisotopic (exact) mass is 580 g/mol. The predicted octanol–water partition coefficient (Wildman–Crippen LogP) is 5.65. The normalized spacial score (nSPS) is 16.4. The summed E-state index contributed by atoms with van der Waals surface area (Å²) in [6.45, 7) is 1.65. The number of carbonyl (C=O) groups excluding carboxylic acids is 1. The van der Waals surface area contributed by atoms with Crippen LogP contribution in [0.3, 0.4) is 0 Å². The van der Waals surface area contributed by atoms with Gasteiger partial charge in [-0.15, -0.1) is 11.8 Å². The van der Waals surface area contributed by atoms with Gasteiger partial charge in [-0.3, -0.25) is 4.79 Å². The summed E-state index contributed by atoms with van der Waals surface area (Å²) in [5.74, 6) is 3.29. The Bertz CT molecular complexity index is 1340. The highest BCUT2D eigenvalue weighted by atomic mass is 32.2. The lowest BCUT2D eigenvalue weighted by Gasteiger charge is -2.41. The molecule has 220 valence electrons. The van der Waals surface area contributed by atoms with Crippen molar-refractivity contribution < 1.29 is 28.5 Å². The Kier molecular flexibility index (Phi) is 9.94. The van der Waals surface area contributed by atoms with E-state index >= 15 is 0 Å². The number of rotatable bonds is 13. The van der Waals surface area contributed by atoms with Crippen molar-refractivity contribution in [1.82, 2.24) is 4.90 Å². The number of amides is 1. The zero-order valence-electron chi connectivity index (χ0n) is 25.0. The number of para-hydroxylation sites is 1. The highest BCUT2D eigenvalue weighted by molar-refractivity contribution is 8.01. The first-order valence-corrected chi connectivity index (χ1v) is 14.4. The first kappa shape index (κ1) is 30.4. The molecule has 1 aliphatic heterocycles. The molecule has 3 aromatic carbocycles. The summed E-state index contributed by atoms with van der Waals surface area (Å²) in [7, 11) is 12.1. The number of fused-ring (bicyclic) bond motifs is 1. The average molecular weight is 581 g/mol. The van der Waals surface area contributed by atoms with Crippen LogP contribution < -0.4 is 28.6 Å². The SMILES string of the molecule is COc1ccc(OC)c(C2(CCCN(C)CCc3cc(OC)c(OC)c(OC)c3)Sc3ccccc3N(C)C2=O)c1. The van der Waals surface area contributed by atoms with Gasteiger partial charge in [-0.2, -0.15) is 0 Å². The van der Waals surface area contributed by atoms with Crippen molar-refractivity contribution >= 4 is 23.4 Å². The van der Waals surface area contributed by atoms with Crippen LogP contribution in [-0.4, -0.2) is 73.5 Å². The van der Waals surface area contributed by atoms with Crippen LogP contribution in [0.5, 0.6) is 28.7 Å². The number of ether oxygens (including phenoxy) is 5. The second kappa shape index (κ2) is 13.4. The molecule has 0 spiro atoms. The molecule has 1 unspecified atom stereocenters. The van der Waals surface area contributed by atoms with Gasteiger partial charge < -0.3 is 33.5 Å². The van der Waals surface area contributed by atoms with Gasteiger partial charge in [0.15, 0.2) is 11.5 Å². The molecule has 1 atom stereocenters. The van der Waals surface area contributed by atoms with Crippen LogP contribution in [-0.2, 0) is 16.0 Å². The van der Waals surface area contributed by atoms with E-state index in [0.29, 0.717) is 35.2 Å². The van der Waals surface area contributed by atoms with Crippen LogP contribution in [0.15, 0.2) is 59.5 Å².